The summed E-state index contributed by atoms with van der Waals surface area (Å²) in [6.45, 7) is 14.5. The highest BCUT2D eigenvalue weighted by Crippen LogP contribution is 2.44. The molecule has 4 saturated heterocycles. The number of thiazole rings is 1. The summed E-state index contributed by atoms with van der Waals surface area (Å²) in [6, 6.07) is 11.5. The lowest BCUT2D eigenvalue weighted by Gasteiger charge is -2.44. The largest absolute Gasteiger partial charge is 0.494 e. The molecule has 1 unspecified atom stereocenters. The summed E-state index contributed by atoms with van der Waals surface area (Å²) >= 11 is 5.19. The van der Waals surface area contributed by atoms with Gasteiger partial charge in [-0.15, -0.1) is 11.3 Å². The molecule has 0 aliphatic carbocycles. The predicted octanol–water partition coefficient (Wildman–Crippen LogP) is 8.77. The van der Waals surface area contributed by atoms with Crippen molar-refractivity contribution in [2.45, 2.75) is 70.3 Å². The number of carbonyl (C=O) groups is 2. The van der Waals surface area contributed by atoms with Gasteiger partial charge in [-0.25, -0.2) is 23.7 Å². The summed E-state index contributed by atoms with van der Waals surface area (Å²) in [7, 11) is -1.04. The Kier molecular flexibility index (Phi) is 14.3. The molecule has 356 valence electrons. The first-order chi connectivity index (χ1) is 32.3. The van der Waals surface area contributed by atoms with Crippen LogP contribution >= 0.6 is 34.4 Å². The van der Waals surface area contributed by atoms with Crippen LogP contribution in [-0.4, -0.2) is 122 Å². The van der Waals surface area contributed by atoms with Crippen molar-refractivity contribution in [2.75, 3.05) is 94.5 Å². The van der Waals surface area contributed by atoms with E-state index >= 15 is 8.78 Å². The molecule has 4 fully saturated rings. The number of anilines is 4. The average Bonchev–Trinajstić information content (AvgIpc) is 3.80. The van der Waals surface area contributed by atoms with Crippen LogP contribution in [-0.2, 0) is 20.6 Å². The number of ether oxygens (including phenoxy) is 1. The van der Waals surface area contributed by atoms with Gasteiger partial charge in [0.15, 0.2) is 0 Å². The molecule has 3 aromatic carbocycles. The van der Waals surface area contributed by atoms with Crippen LogP contribution in [0, 0.1) is 17.6 Å². The monoisotopic (exact) mass is 1020 g/mol. The van der Waals surface area contributed by atoms with Crippen molar-refractivity contribution in [2.24, 2.45) is 5.92 Å². The van der Waals surface area contributed by atoms with Gasteiger partial charge in [-0.3, -0.25) is 19.8 Å². The molecule has 0 saturated carbocycles. The fourth-order valence-corrected chi connectivity index (χ4v) is 13.2. The Bertz CT molecular complexity index is 2670. The van der Waals surface area contributed by atoms with E-state index in [0.717, 1.165) is 124 Å². The minimum Gasteiger partial charge on any atom is -0.494 e. The third-order valence-electron chi connectivity index (χ3n) is 14.3. The number of aromatic nitrogens is 3. The molecule has 0 radical (unpaired) electrons. The van der Waals surface area contributed by atoms with Gasteiger partial charge in [0.1, 0.15) is 24.5 Å². The zero-order valence-electron chi connectivity index (χ0n) is 38.6. The topological polar surface area (TPSA) is 136 Å². The minimum absolute atomic E-state index is 0.0722. The van der Waals surface area contributed by atoms with Crippen LogP contribution in [0.4, 0.5) is 31.8 Å². The highest BCUT2D eigenvalue weighted by atomic mass is 79.9. The smallest absolute Gasteiger partial charge is 0.234 e. The Balaban J connectivity index is 0.756. The number of hydrogen-bond acceptors (Lipinski definition) is 13. The van der Waals surface area contributed by atoms with Gasteiger partial charge in [-0.1, -0.05) is 13.0 Å². The number of fused-ring (bicyclic) bond motifs is 1. The van der Waals surface area contributed by atoms with Gasteiger partial charge in [0.25, 0.3) is 0 Å². The number of benzene rings is 3. The Labute approximate surface area is 403 Å². The van der Waals surface area contributed by atoms with Crippen molar-refractivity contribution >= 4 is 84.8 Å². The second-order valence-electron chi connectivity index (χ2n) is 18.7. The number of aryl methyl sites for hydroxylation is 1. The zero-order valence-corrected chi connectivity index (χ0v) is 41.9. The van der Waals surface area contributed by atoms with Crippen LogP contribution in [0.5, 0.6) is 5.75 Å². The first kappa shape index (κ1) is 47.5. The van der Waals surface area contributed by atoms with Crippen molar-refractivity contribution in [3.63, 3.8) is 0 Å². The van der Waals surface area contributed by atoms with E-state index in [4.69, 9.17) is 9.72 Å². The number of hydrogen-bond donors (Lipinski definition) is 2. The third kappa shape index (κ3) is 10.3. The first-order valence-electron chi connectivity index (χ1n) is 23.5. The summed E-state index contributed by atoms with van der Waals surface area (Å²) in [6.07, 6.45) is 8.02. The number of nitrogens with zero attached hydrogens (tertiary/aromatic N) is 7. The molecule has 1 atom stereocenters. The number of carbonyl (C=O) groups excluding carboxylic acids is 2. The molecule has 2 N–H and O–H groups in total. The molecular weight excluding hydrogens is 960 g/mol. The van der Waals surface area contributed by atoms with Gasteiger partial charge < -0.3 is 29.3 Å². The molecule has 5 aromatic rings. The fourth-order valence-electron chi connectivity index (χ4n) is 10.6. The summed E-state index contributed by atoms with van der Waals surface area (Å²) in [5.74, 6) is -1.80. The lowest BCUT2D eigenvalue weighted by molar-refractivity contribution is -0.134. The van der Waals surface area contributed by atoms with Crippen molar-refractivity contribution < 1.29 is 27.7 Å². The van der Waals surface area contributed by atoms with Gasteiger partial charge in [0.05, 0.1) is 44.6 Å². The molecule has 13 nitrogen and oxygen atoms in total. The van der Waals surface area contributed by atoms with Gasteiger partial charge in [-0.05, 0) is 116 Å². The summed E-state index contributed by atoms with van der Waals surface area (Å²) in [5, 5.41) is 6.36. The van der Waals surface area contributed by atoms with E-state index in [1.165, 1.54) is 34.7 Å². The van der Waals surface area contributed by atoms with E-state index in [1.54, 1.807) is 32.1 Å². The third-order valence-corrected chi connectivity index (χ3v) is 17.2. The van der Waals surface area contributed by atoms with Crippen molar-refractivity contribution in [3.05, 3.63) is 75.3 Å². The van der Waals surface area contributed by atoms with E-state index in [-0.39, 0.29) is 18.4 Å². The molecule has 4 aliphatic heterocycles. The molecule has 4 aliphatic rings. The lowest BCUT2D eigenvalue weighted by atomic mass is 9.89. The number of methoxy groups -OCH3 is 1. The molecule has 0 bridgehead atoms. The van der Waals surface area contributed by atoms with Gasteiger partial charge in [0, 0.05) is 105 Å². The maximum Gasteiger partial charge on any atom is 0.234 e. The van der Waals surface area contributed by atoms with E-state index in [2.05, 4.69) is 70.3 Å². The average molecular weight is 1020 g/mol. The molecule has 2 aromatic heterocycles. The van der Waals surface area contributed by atoms with E-state index < -0.39 is 36.5 Å². The van der Waals surface area contributed by atoms with Crippen molar-refractivity contribution in [3.8, 4) is 17.0 Å². The number of piperidine rings is 3. The number of imide groups is 1. The van der Waals surface area contributed by atoms with Gasteiger partial charge >= 0.3 is 0 Å². The second-order valence-corrected chi connectivity index (χ2v) is 23.6. The number of amides is 2. The maximum atomic E-state index is 15.2. The SMILES string of the molecule is CCc1cc(Nc2ncc(Br)c(-c3ccc4scnc4c3P(C)(C)=O)n2)c(OC)cc1N1CCC(N2CCN(CCC3CCN(c4cc(F)c(C5CCC(=O)NC5=O)c(F)c4)CC3)CC2)CC1. The number of nitrogens with one attached hydrogen (secondary N) is 2. The lowest BCUT2D eigenvalue weighted by Crippen LogP contribution is -2.53. The first-order valence-corrected chi connectivity index (χ1v) is 27.8. The zero-order chi connectivity index (χ0) is 47.0. The fraction of sp³-hybridized carbons (Fsp3) is 0.490. The Hall–Kier alpha value is -4.54. The van der Waals surface area contributed by atoms with E-state index in [0.29, 0.717) is 39.5 Å². The summed E-state index contributed by atoms with van der Waals surface area (Å²) < 4.78 is 51.7. The highest BCUT2D eigenvalue weighted by Gasteiger charge is 2.34. The molecule has 2 amide bonds. The van der Waals surface area contributed by atoms with Crippen LogP contribution in [0.25, 0.3) is 21.5 Å². The van der Waals surface area contributed by atoms with Crippen molar-refractivity contribution in [1.82, 2.24) is 30.1 Å². The Morgan fingerprint density at radius 2 is 1.64 bits per heavy atom. The Morgan fingerprint density at radius 3 is 2.31 bits per heavy atom. The van der Waals surface area contributed by atoms with Gasteiger partial charge in [0.2, 0.25) is 17.8 Å². The maximum absolute atomic E-state index is 15.2. The van der Waals surface area contributed by atoms with Crippen LogP contribution in [0.3, 0.4) is 0 Å². The number of rotatable bonds is 13. The molecular formula is C49H59BrF2N9O4PS. The standard InChI is InChI=1S/C49H59BrF2N9O4PS/c1-5-31-24-39(55-49-53-28-36(50)45(57-49)35-6-8-42-46(54-29-67-42)47(35)66(3,4)64)41(65-2)27-40(31)61-18-13-32(14-19-61)60-22-20-58(21-23-60)15-10-30-11-16-59(17-12-30)33-25-37(51)44(38(52)26-33)34-7-9-43(62)56-48(34)63/h6,8,24-30,32,34H,5,7,9-23H2,1-4H3,(H,53,55,57)(H,56,62,63). The molecule has 67 heavy (non-hydrogen) atoms. The quantitative estimate of drug-likeness (QED) is 0.0863. The van der Waals surface area contributed by atoms with Crippen molar-refractivity contribution in [1.29, 1.82) is 0 Å². The number of halogens is 3. The number of piperazine rings is 1. The second kappa shape index (κ2) is 20.2. The highest BCUT2D eigenvalue weighted by molar-refractivity contribution is 9.10. The summed E-state index contributed by atoms with van der Waals surface area (Å²) in [4.78, 5) is 47.8. The molecule has 0 spiro atoms. The Morgan fingerprint density at radius 1 is 0.925 bits per heavy atom. The summed E-state index contributed by atoms with van der Waals surface area (Å²) in [5.41, 5.74) is 7.42. The minimum atomic E-state index is -2.73. The normalized spacial score (nSPS) is 19.6. The molecule has 9 rings (SSSR count). The van der Waals surface area contributed by atoms with Crippen LogP contribution < -0.4 is 30.5 Å². The van der Waals surface area contributed by atoms with E-state index in [9.17, 15) is 14.2 Å². The van der Waals surface area contributed by atoms with Crippen LogP contribution in [0.1, 0.15) is 68.9 Å². The predicted molar refractivity (Wildman–Crippen MR) is 267 cm³/mol. The van der Waals surface area contributed by atoms with Gasteiger partial charge in [-0.2, -0.15) is 0 Å². The van der Waals surface area contributed by atoms with E-state index in [1.807, 2.05) is 17.0 Å². The molecule has 18 heteroatoms. The van der Waals surface area contributed by atoms with Crippen LogP contribution in [0.2, 0.25) is 0 Å². The molecule has 6 heterocycles. The van der Waals surface area contributed by atoms with Crippen LogP contribution in [0.15, 0.2) is 52.6 Å².